The van der Waals surface area contributed by atoms with Crippen LogP contribution in [-0.2, 0) is 15.0 Å². The zero-order chi connectivity index (χ0) is 38.4. The Morgan fingerprint density at radius 1 is 0.464 bits per heavy atom. The van der Waals surface area contributed by atoms with Gasteiger partial charge >= 0.3 is 341 Å². The van der Waals surface area contributed by atoms with E-state index in [1.54, 1.807) is 0 Å². The maximum absolute atomic E-state index is 8.86. The van der Waals surface area contributed by atoms with E-state index in [2.05, 4.69) is 185 Å². The summed E-state index contributed by atoms with van der Waals surface area (Å²) in [5.74, 6) is 0. The summed E-state index contributed by atoms with van der Waals surface area (Å²) >= 11 is -5.03. The molecular weight excluding hydrogens is 815 g/mol. The van der Waals surface area contributed by atoms with E-state index in [0.29, 0.717) is 0 Å². The van der Waals surface area contributed by atoms with Crippen molar-refractivity contribution in [3.63, 3.8) is 0 Å². The van der Waals surface area contributed by atoms with E-state index in [4.69, 9.17) is 17.0 Å². The topological polar surface area (TPSA) is 0 Å². The summed E-state index contributed by atoms with van der Waals surface area (Å²) in [4.78, 5) is 0. The van der Waals surface area contributed by atoms with Crippen molar-refractivity contribution < 1.29 is 15.0 Å². The zero-order valence-electron chi connectivity index (χ0n) is 32.3. The molecule has 4 heteroatoms. The van der Waals surface area contributed by atoms with E-state index in [0.717, 1.165) is 12.8 Å². The minimum absolute atomic E-state index is 0.0257. The number of hydrogen-bond acceptors (Lipinski definition) is 0. The van der Waals surface area contributed by atoms with Gasteiger partial charge < -0.3 is 0 Å². The van der Waals surface area contributed by atoms with Crippen molar-refractivity contribution in [3.05, 3.63) is 179 Å². The van der Waals surface area contributed by atoms with Gasteiger partial charge in [0.05, 0.1) is 0 Å². The quantitative estimate of drug-likeness (QED) is 0.115. The first-order chi connectivity index (χ1) is 27.2. The second kappa shape index (κ2) is 13.5. The summed E-state index contributed by atoms with van der Waals surface area (Å²) in [5, 5.41) is 10.2. The summed E-state index contributed by atoms with van der Waals surface area (Å²) in [7, 11) is 17.7. The van der Waals surface area contributed by atoms with Crippen molar-refractivity contribution in [1.82, 2.24) is 0 Å². The number of allylic oxidation sites excluding steroid dienone is 2. The van der Waals surface area contributed by atoms with Crippen LogP contribution in [0.4, 0.5) is 0 Å². The van der Waals surface area contributed by atoms with E-state index in [-0.39, 0.29) is 7.25 Å². The van der Waals surface area contributed by atoms with Gasteiger partial charge in [0.15, 0.2) is 0 Å². The third kappa shape index (κ3) is 5.19. The van der Waals surface area contributed by atoms with E-state index >= 15 is 0 Å². The molecule has 274 valence electrons. The number of fused-ring (bicyclic) bond motifs is 6. The van der Waals surface area contributed by atoms with Crippen LogP contribution in [0.5, 0.6) is 0 Å². The van der Waals surface area contributed by atoms with Crippen molar-refractivity contribution >= 4 is 77.7 Å². The first-order valence-electron chi connectivity index (χ1n) is 20.1. The summed E-state index contributed by atoms with van der Waals surface area (Å²) in [5.41, 5.74) is 12.0. The van der Waals surface area contributed by atoms with Gasteiger partial charge in [0.1, 0.15) is 0 Å². The molecule has 8 aromatic carbocycles. The molecule has 2 aliphatic carbocycles. The summed E-state index contributed by atoms with van der Waals surface area (Å²) in [6.07, 6.45) is 6.83. The second-order valence-corrected chi connectivity index (χ2v) is 54.9. The monoisotopic (exact) mass is 856 g/mol. The normalized spacial score (nSPS) is 16.7. The van der Waals surface area contributed by atoms with Crippen molar-refractivity contribution in [2.75, 3.05) is 0 Å². The van der Waals surface area contributed by atoms with Crippen LogP contribution in [0.1, 0.15) is 56.2 Å². The molecule has 0 saturated heterocycles. The van der Waals surface area contributed by atoms with Crippen molar-refractivity contribution in [2.45, 2.75) is 47.0 Å². The van der Waals surface area contributed by atoms with Crippen molar-refractivity contribution in [1.29, 1.82) is 0 Å². The Kier molecular flexibility index (Phi) is 8.77. The van der Waals surface area contributed by atoms with E-state index in [1.165, 1.54) is 98.7 Å². The van der Waals surface area contributed by atoms with Gasteiger partial charge in [-0.3, -0.25) is 0 Å². The molecule has 0 saturated carbocycles. The third-order valence-electron chi connectivity index (χ3n) is 13.2. The van der Waals surface area contributed by atoms with Crippen LogP contribution >= 0.6 is 17.0 Å². The van der Waals surface area contributed by atoms with Crippen LogP contribution in [0.25, 0.3) is 77.5 Å². The molecule has 2 aliphatic rings. The standard InChI is InChI=1S/2C25H19.C2H6Si.2ClH.Zr/c2*1-2-17-14-18-10-7-13-23(24(18)15-17)25-21-11-5-3-8-19(21)16-20-9-4-6-12-22(20)25;1-3-2;;;/h2*3-16H,2H2,1H3;1-2H3;2*1H;/q;;;;;+2/p-2. The van der Waals surface area contributed by atoms with Gasteiger partial charge in [-0.25, -0.2) is 0 Å². The molecule has 0 aliphatic heterocycles. The molecule has 0 heterocycles. The number of hydrogen-bond donors (Lipinski definition) is 0. The van der Waals surface area contributed by atoms with E-state index in [1.807, 2.05) is 0 Å². The third-order valence-corrected chi connectivity index (χ3v) is 59.8. The molecule has 10 rings (SSSR count). The SMILES string of the molecule is CCC1=Cc2c(-c3c4ccccc4cc4ccccc34)cccc2[CH]1[Zr]([Cl])([Cl])([CH]1C(CC)=Cc2c(-c3c4ccccc4cc4ccccc34)cccc21)=[Si](C)C. The molecule has 0 nitrogen and oxygen atoms in total. The van der Waals surface area contributed by atoms with Crippen LogP contribution in [0.3, 0.4) is 0 Å². The molecule has 0 bridgehead atoms. The first kappa shape index (κ1) is 36.3. The number of halogens is 2. The average Bonchev–Trinajstić information content (AvgIpc) is 3.82. The Morgan fingerprint density at radius 3 is 1.12 bits per heavy atom. The Bertz CT molecular complexity index is 2800. The fraction of sp³-hybridized carbons (Fsp3) is 0.154. The first-order valence-corrected chi connectivity index (χ1v) is 35.4. The molecule has 2 atom stereocenters. The molecule has 0 spiro atoms. The Morgan fingerprint density at radius 2 is 0.804 bits per heavy atom. The van der Waals surface area contributed by atoms with Gasteiger partial charge in [-0.15, -0.1) is 0 Å². The molecule has 2 unspecified atom stereocenters. The Balaban J connectivity index is 1.23. The molecular formula is C52H44Cl2SiZr. The Hall–Kier alpha value is -4.04. The molecule has 0 fully saturated rings. The van der Waals surface area contributed by atoms with Gasteiger partial charge in [0, 0.05) is 0 Å². The minimum atomic E-state index is -5.03. The molecule has 0 N–H and O–H groups in total. The number of rotatable bonds is 6. The van der Waals surface area contributed by atoms with Gasteiger partial charge in [-0.1, -0.05) is 0 Å². The van der Waals surface area contributed by atoms with Crippen LogP contribution < -0.4 is 0 Å². The van der Waals surface area contributed by atoms with Gasteiger partial charge in [-0.2, -0.15) is 0 Å². The van der Waals surface area contributed by atoms with Crippen molar-refractivity contribution in [3.8, 4) is 22.3 Å². The average molecular weight is 859 g/mol. The maximum atomic E-state index is 8.86. The van der Waals surface area contributed by atoms with Crippen molar-refractivity contribution in [2.24, 2.45) is 0 Å². The predicted molar refractivity (Wildman–Crippen MR) is 245 cm³/mol. The van der Waals surface area contributed by atoms with E-state index in [9.17, 15) is 0 Å². The van der Waals surface area contributed by atoms with E-state index < -0.39 is 20.4 Å². The summed E-state index contributed by atoms with van der Waals surface area (Å²) in [6, 6.07) is 54.0. The van der Waals surface area contributed by atoms with Crippen LogP contribution in [-0.4, -0.2) is 5.43 Å². The molecule has 0 radical (unpaired) electrons. The van der Waals surface area contributed by atoms with Gasteiger partial charge in [0.2, 0.25) is 0 Å². The van der Waals surface area contributed by atoms with Gasteiger partial charge in [0.25, 0.3) is 0 Å². The summed E-state index contributed by atoms with van der Waals surface area (Å²) in [6.45, 7) is 9.47. The van der Waals surface area contributed by atoms with Crippen LogP contribution in [0, 0.1) is 0 Å². The predicted octanol–water partition coefficient (Wildman–Crippen LogP) is 16.3. The number of benzene rings is 8. The Labute approximate surface area is 338 Å². The second-order valence-electron chi connectivity index (χ2n) is 16.2. The zero-order valence-corrected chi connectivity index (χ0v) is 37.3. The molecule has 56 heavy (non-hydrogen) atoms. The molecule has 0 aromatic heterocycles. The van der Waals surface area contributed by atoms with Gasteiger partial charge in [-0.05, 0) is 0 Å². The molecule has 0 amide bonds. The fourth-order valence-electron chi connectivity index (χ4n) is 10.6. The fourth-order valence-corrected chi connectivity index (χ4v) is 40.0. The molecule has 8 aromatic rings. The van der Waals surface area contributed by atoms with Crippen LogP contribution in [0.15, 0.2) is 157 Å². The van der Waals surface area contributed by atoms with Crippen LogP contribution in [0.2, 0.25) is 13.1 Å². The summed E-state index contributed by atoms with van der Waals surface area (Å²) < 4.78 is 0.0515.